The third kappa shape index (κ3) is 3.13. The van der Waals surface area contributed by atoms with E-state index in [9.17, 15) is 30.7 Å². The van der Waals surface area contributed by atoms with Gasteiger partial charge in [0.1, 0.15) is 0 Å². The van der Waals surface area contributed by atoms with Crippen molar-refractivity contribution in [3.05, 3.63) is 0 Å². The third-order valence-electron chi connectivity index (χ3n) is 1.84. The summed E-state index contributed by atoms with van der Waals surface area (Å²) in [5, 5.41) is 0. The summed E-state index contributed by atoms with van der Waals surface area (Å²) >= 11 is 0. The summed E-state index contributed by atoms with van der Waals surface area (Å²) in [6.07, 6.45) is -6.93. The van der Waals surface area contributed by atoms with Crippen LogP contribution in [0, 0.1) is 0 Å². The smallest absolute Gasteiger partial charge is 0.322 e. The lowest BCUT2D eigenvalue weighted by molar-refractivity contribution is -0.358. The number of halogens is 8. The van der Waals surface area contributed by atoms with Crippen LogP contribution in [-0.2, 0) is 0 Å². The predicted molar refractivity (Wildman–Crippen MR) is 46.1 cm³/mol. The Hall–Kier alpha value is -0.240. The van der Waals surface area contributed by atoms with Gasteiger partial charge < -0.3 is 5.73 Å². The van der Waals surface area contributed by atoms with E-state index in [2.05, 4.69) is 5.73 Å². The lowest BCUT2D eigenvalue weighted by Crippen LogP contribution is -2.60. The molecule has 0 aliphatic rings. The lowest BCUT2D eigenvalue weighted by atomic mass is 9.99. The minimum atomic E-state index is -6.30. The van der Waals surface area contributed by atoms with Crippen LogP contribution in [0.2, 0.25) is 0 Å². The molecule has 100 valence electrons. The average Bonchev–Trinajstić information content (AvgIpc) is 2.02. The Kier molecular flexibility index (Phi) is 6.11. The first-order chi connectivity index (χ1) is 6.48. The molecule has 0 saturated carbocycles. The van der Waals surface area contributed by atoms with E-state index in [0.29, 0.717) is 0 Å². The molecule has 0 amide bonds. The van der Waals surface area contributed by atoms with Gasteiger partial charge in [-0.3, -0.25) is 0 Å². The SMILES string of the molecule is CCC[C@H](N)C(F)(F)C(F)(F)C(F)(F)F.Cl. The van der Waals surface area contributed by atoms with E-state index >= 15 is 0 Å². The molecule has 0 aromatic carbocycles. The first-order valence-corrected chi connectivity index (χ1v) is 4.06. The molecule has 1 atom stereocenters. The van der Waals surface area contributed by atoms with Crippen LogP contribution >= 0.6 is 12.4 Å². The molecule has 0 fully saturated rings. The normalized spacial score (nSPS) is 15.6. The summed E-state index contributed by atoms with van der Waals surface area (Å²) in [5.74, 6) is -11.4. The maximum atomic E-state index is 12.7. The number of hydrogen-bond donors (Lipinski definition) is 1. The lowest BCUT2D eigenvalue weighted by Gasteiger charge is -2.32. The third-order valence-corrected chi connectivity index (χ3v) is 1.84. The van der Waals surface area contributed by atoms with Gasteiger partial charge in [0.25, 0.3) is 0 Å². The van der Waals surface area contributed by atoms with Gasteiger partial charge in [-0.15, -0.1) is 12.4 Å². The number of nitrogens with two attached hydrogens (primary N) is 1. The van der Waals surface area contributed by atoms with Gasteiger partial charge in [-0.25, -0.2) is 0 Å². The molecular formula is C7H11ClF7N. The summed E-state index contributed by atoms with van der Waals surface area (Å²) in [6, 6.07) is -2.51. The van der Waals surface area contributed by atoms with Crippen molar-refractivity contribution in [1.29, 1.82) is 0 Å². The molecule has 0 aliphatic carbocycles. The van der Waals surface area contributed by atoms with Crippen molar-refractivity contribution in [3.8, 4) is 0 Å². The second-order valence-corrected chi connectivity index (χ2v) is 3.09. The van der Waals surface area contributed by atoms with E-state index in [1.165, 1.54) is 6.92 Å². The first kappa shape index (κ1) is 18.1. The molecule has 0 spiro atoms. The highest BCUT2D eigenvalue weighted by Gasteiger charge is 2.74. The van der Waals surface area contributed by atoms with E-state index in [-0.39, 0.29) is 18.8 Å². The fourth-order valence-electron chi connectivity index (χ4n) is 0.914. The average molecular weight is 278 g/mol. The Morgan fingerprint density at radius 3 is 1.62 bits per heavy atom. The van der Waals surface area contributed by atoms with Gasteiger partial charge in [0.05, 0.1) is 6.04 Å². The minimum Gasteiger partial charge on any atom is -0.322 e. The number of rotatable bonds is 4. The van der Waals surface area contributed by atoms with E-state index < -0.39 is 30.5 Å². The zero-order valence-electron chi connectivity index (χ0n) is 8.12. The second kappa shape index (κ2) is 5.39. The quantitative estimate of drug-likeness (QED) is 0.784. The molecule has 9 heteroatoms. The summed E-state index contributed by atoms with van der Waals surface area (Å²) in [7, 11) is 0. The number of alkyl halides is 7. The summed E-state index contributed by atoms with van der Waals surface area (Å²) in [6.45, 7) is 1.35. The van der Waals surface area contributed by atoms with E-state index in [0.717, 1.165) is 0 Å². The molecule has 0 saturated heterocycles. The highest BCUT2D eigenvalue weighted by atomic mass is 35.5. The molecule has 0 heterocycles. The zero-order valence-corrected chi connectivity index (χ0v) is 8.94. The van der Waals surface area contributed by atoms with Gasteiger partial charge in [-0.1, -0.05) is 13.3 Å². The Balaban J connectivity index is 0. The van der Waals surface area contributed by atoms with E-state index in [4.69, 9.17) is 0 Å². The van der Waals surface area contributed by atoms with Crippen LogP contribution in [0.5, 0.6) is 0 Å². The Morgan fingerprint density at radius 2 is 1.38 bits per heavy atom. The second-order valence-electron chi connectivity index (χ2n) is 3.09. The summed E-state index contributed by atoms with van der Waals surface area (Å²) in [4.78, 5) is 0. The summed E-state index contributed by atoms with van der Waals surface area (Å²) < 4.78 is 85.0. The molecule has 1 nitrogen and oxygen atoms in total. The van der Waals surface area contributed by atoms with Gasteiger partial charge in [0, 0.05) is 0 Å². The van der Waals surface area contributed by atoms with Crippen LogP contribution in [0.25, 0.3) is 0 Å². The minimum absolute atomic E-state index is 0. The van der Waals surface area contributed by atoms with Crippen molar-refractivity contribution in [2.75, 3.05) is 0 Å². The van der Waals surface area contributed by atoms with Crippen molar-refractivity contribution in [3.63, 3.8) is 0 Å². The first-order valence-electron chi connectivity index (χ1n) is 4.06. The molecule has 0 radical (unpaired) electrons. The molecule has 16 heavy (non-hydrogen) atoms. The molecule has 0 bridgehead atoms. The largest absolute Gasteiger partial charge is 0.459 e. The maximum absolute atomic E-state index is 12.7. The van der Waals surface area contributed by atoms with Gasteiger partial charge in [-0.2, -0.15) is 30.7 Å². The van der Waals surface area contributed by atoms with Crippen molar-refractivity contribution in [2.45, 2.75) is 43.8 Å². The molecule has 0 unspecified atom stereocenters. The van der Waals surface area contributed by atoms with Gasteiger partial charge in [0.15, 0.2) is 0 Å². The zero-order chi connectivity index (χ0) is 12.5. The molecule has 0 rings (SSSR count). The van der Waals surface area contributed by atoms with Gasteiger partial charge in [-0.05, 0) is 6.42 Å². The predicted octanol–water partition coefficient (Wildman–Crippen LogP) is 3.37. The Labute approximate surface area is 93.6 Å². The van der Waals surface area contributed by atoms with E-state index in [1.807, 2.05) is 0 Å². The van der Waals surface area contributed by atoms with Gasteiger partial charge >= 0.3 is 18.0 Å². The standard InChI is InChI=1S/C7H10F7N.ClH/c1-2-3-4(15)5(8,9)6(10,11)7(12,13)14;/h4H,2-3,15H2,1H3;1H/t4-;/m0./s1. The van der Waals surface area contributed by atoms with Crippen molar-refractivity contribution >= 4 is 12.4 Å². The van der Waals surface area contributed by atoms with Crippen molar-refractivity contribution in [1.82, 2.24) is 0 Å². The fraction of sp³-hybridized carbons (Fsp3) is 1.00. The van der Waals surface area contributed by atoms with Crippen LogP contribution in [0.1, 0.15) is 19.8 Å². The fourth-order valence-corrected chi connectivity index (χ4v) is 0.914. The topological polar surface area (TPSA) is 26.0 Å². The van der Waals surface area contributed by atoms with E-state index in [1.54, 1.807) is 0 Å². The molecule has 0 aromatic rings. The molecular weight excluding hydrogens is 267 g/mol. The Morgan fingerprint density at radius 1 is 1.00 bits per heavy atom. The molecule has 2 N–H and O–H groups in total. The highest BCUT2D eigenvalue weighted by molar-refractivity contribution is 5.85. The van der Waals surface area contributed by atoms with Crippen molar-refractivity contribution < 1.29 is 30.7 Å². The molecule has 0 aromatic heterocycles. The van der Waals surface area contributed by atoms with Crippen LogP contribution in [0.15, 0.2) is 0 Å². The van der Waals surface area contributed by atoms with Crippen LogP contribution in [0.4, 0.5) is 30.7 Å². The molecule has 0 aliphatic heterocycles. The van der Waals surface area contributed by atoms with Crippen LogP contribution in [-0.4, -0.2) is 24.1 Å². The van der Waals surface area contributed by atoms with Gasteiger partial charge in [0.2, 0.25) is 0 Å². The maximum Gasteiger partial charge on any atom is 0.459 e. The number of hydrogen-bond acceptors (Lipinski definition) is 1. The highest BCUT2D eigenvalue weighted by Crippen LogP contribution is 2.48. The van der Waals surface area contributed by atoms with Crippen LogP contribution in [0.3, 0.4) is 0 Å². The van der Waals surface area contributed by atoms with Crippen molar-refractivity contribution in [2.24, 2.45) is 5.73 Å². The Bertz CT molecular complexity index is 215. The summed E-state index contributed by atoms with van der Waals surface area (Å²) in [5.41, 5.74) is 4.61. The van der Waals surface area contributed by atoms with Crippen LogP contribution < -0.4 is 5.73 Å². The monoisotopic (exact) mass is 277 g/mol.